The molecule has 1 heterocycles. The van der Waals surface area contributed by atoms with Crippen molar-refractivity contribution < 1.29 is 24.2 Å². The summed E-state index contributed by atoms with van der Waals surface area (Å²) in [5, 5.41) is 11.2. The van der Waals surface area contributed by atoms with Gasteiger partial charge in [0.15, 0.2) is 11.5 Å². The van der Waals surface area contributed by atoms with Gasteiger partial charge < -0.3 is 24.8 Å². The second-order valence-electron chi connectivity index (χ2n) is 5.35. The molecule has 23 heavy (non-hydrogen) atoms. The van der Waals surface area contributed by atoms with E-state index < -0.39 is 5.97 Å². The van der Waals surface area contributed by atoms with E-state index in [4.69, 9.17) is 14.6 Å². The smallest absolute Gasteiger partial charge is 0.317 e. The highest BCUT2D eigenvalue weighted by Gasteiger charge is 2.25. The normalized spacial score (nSPS) is 17.4. The Morgan fingerprint density at radius 1 is 1.35 bits per heavy atom. The highest BCUT2D eigenvalue weighted by molar-refractivity contribution is 5.75. The third-order valence-corrected chi connectivity index (χ3v) is 3.64. The lowest BCUT2D eigenvalue weighted by atomic mass is 10.1. The number of methoxy groups -OCH3 is 1. The highest BCUT2D eigenvalue weighted by Crippen LogP contribution is 2.28. The minimum absolute atomic E-state index is 0.0826. The Balaban J connectivity index is 1.87. The summed E-state index contributed by atoms with van der Waals surface area (Å²) in [7, 11) is 1.59. The number of nitrogens with one attached hydrogen (secondary N) is 1. The molecule has 2 amide bonds. The fourth-order valence-electron chi connectivity index (χ4n) is 2.50. The van der Waals surface area contributed by atoms with Gasteiger partial charge in [-0.05, 0) is 25.0 Å². The number of carboxylic acid groups (broad SMARTS) is 1. The van der Waals surface area contributed by atoms with E-state index in [1.54, 1.807) is 12.0 Å². The van der Waals surface area contributed by atoms with E-state index in [-0.39, 0.29) is 25.1 Å². The van der Waals surface area contributed by atoms with Crippen molar-refractivity contribution in [1.82, 2.24) is 10.2 Å². The molecule has 1 aromatic carbocycles. The van der Waals surface area contributed by atoms with E-state index in [2.05, 4.69) is 5.32 Å². The molecule has 1 aliphatic heterocycles. The zero-order chi connectivity index (χ0) is 16.7. The number of aliphatic carboxylic acids is 1. The van der Waals surface area contributed by atoms with Gasteiger partial charge in [0.05, 0.1) is 20.1 Å². The van der Waals surface area contributed by atoms with E-state index >= 15 is 0 Å². The number of piperidine rings is 1. The van der Waals surface area contributed by atoms with Crippen LogP contribution in [-0.4, -0.2) is 54.9 Å². The Labute approximate surface area is 135 Å². The van der Waals surface area contributed by atoms with Crippen LogP contribution in [0.25, 0.3) is 0 Å². The van der Waals surface area contributed by atoms with Gasteiger partial charge in [-0.15, -0.1) is 0 Å². The average Bonchev–Trinajstić information content (AvgIpc) is 2.55. The number of carbonyl (C=O) groups excluding carboxylic acids is 1. The van der Waals surface area contributed by atoms with Crippen molar-refractivity contribution in [2.75, 3.05) is 26.7 Å². The van der Waals surface area contributed by atoms with Crippen LogP contribution in [0.15, 0.2) is 24.3 Å². The van der Waals surface area contributed by atoms with E-state index in [0.29, 0.717) is 24.6 Å². The van der Waals surface area contributed by atoms with Gasteiger partial charge in [-0.25, -0.2) is 4.79 Å². The third-order valence-electron chi connectivity index (χ3n) is 3.64. The van der Waals surface area contributed by atoms with Crippen LogP contribution >= 0.6 is 0 Å². The molecule has 0 aromatic heterocycles. The van der Waals surface area contributed by atoms with Crippen molar-refractivity contribution in [3.8, 4) is 11.5 Å². The number of rotatable bonds is 6. The number of amides is 2. The number of ether oxygens (including phenoxy) is 2. The summed E-state index contributed by atoms with van der Waals surface area (Å²) in [4.78, 5) is 24.2. The molecule has 1 fully saturated rings. The third kappa shape index (κ3) is 5.05. The Hall–Kier alpha value is -2.44. The molecule has 2 N–H and O–H groups in total. The summed E-state index contributed by atoms with van der Waals surface area (Å²) in [5.41, 5.74) is 0. The summed E-state index contributed by atoms with van der Waals surface area (Å²) < 4.78 is 11.2. The molecule has 0 radical (unpaired) electrons. The van der Waals surface area contributed by atoms with Crippen LogP contribution in [0.1, 0.15) is 19.3 Å². The standard InChI is InChI=1S/C16H22N2O5/c1-22-13-6-2-3-7-14(13)23-12-5-4-10-18(11-12)16(21)17-9-8-15(19)20/h2-3,6-7,12H,4-5,8-11H2,1H3,(H,17,21)(H,19,20). The molecule has 1 unspecified atom stereocenters. The van der Waals surface area contributed by atoms with Gasteiger partial charge in [0.2, 0.25) is 0 Å². The summed E-state index contributed by atoms with van der Waals surface area (Å²) in [5.74, 6) is 0.394. The van der Waals surface area contributed by atoms with Crippen molar-refractivity contribution in [1.29, 1.82) is 0 Å². The van der Waals surface area contributed by atoms with E-state index in [9.17, 15) is 9.59 Å². The van der Waals surface area contributed by atoms with Crippen molar-refractivity contribution in [2.45, 2.75) is 25.4 Å². The second kappa shape index (κ2) is 8.26. The lowest BCUT2D eigenvalue weighted by molar-refractivity contribution is -0.136. The van der Waals surface area contributed by atoms with Gasteiger partial charge in [-0.3, -0.25) is 4.79 Å². The molecule has 1 atom stereocenters. The molecule has 1 saturated heterocycles. The summed E-state index contributed by atoms with van der Waals surface area (Å²) in [6, 6.07) is 7.16. The van der Waals surface area contributed by atoms with Gasteiger partial charge in [0.25, 0.3) is 0 Å². The van der Waals surface area contributed by atoms with E-state index in [1.807, 2.05) is 24.3 Å². The minimum Gasteiger partial charge on any atom is -0.493 e. The summed E-state index contributed by atoms with van der Waals surface area (Å²) in [6.07, 6.45) is 1.51. The maximum absolute atomic E-state index is 12.0. The number of hydrogen-bond donors (Lipinski definition) is 2. The van der Waals surface area contributed by atoms with Crippen LogP contribution in [0.3, 0.4) is 0 Å². The summed E-state index contributed by atoms with van der Waals surface area (Å²) in [6.45, 7) is 1.24. The fraction of sp³-hybridized carbons (Fsp3) is 0.500. The molecule has 7 heteroatoms. The van der Waals surface area contributed by atoms with Crippen LogP contribution in [0.2, 0.25) is 0 Å². The largest absolute Gasteiger partial charge is 0.493 e. The quantitative estimate of drug-likeness (QED) is 0.832. The van der Waals surface area contributed by atoms with Crippen molar-refractivity contribution in [2.24, 2.45) is 0 Å². The first-order chi connectivity index (χ1) is 11.1. The SMILES string of the molecule is COc1ccccc1OC1CCCN(C(=O)NCCC(=O)O)C1. The molecule has 0 saturated carbocycles. The number of likely N-dealkylation sites (tertiary alicyclic amines) is 1. The summed E-state index contributed by atoms with van der Waals surface area (Å²) >= 11 is 0. The zero-order valence-corrected chi connectivity index (χ0v) is 13.2. The van der Waals surface area contributed by atoms with Crippen LogP contribution < -0.4 is 14.8 Å². The number of hydrogen-bond acceptors (Lipinski definition) is 4. The van der Waals surface area contributed by atoms with Crippen molar-refractivity contribution in [3.63, 3.8) is 0 Å². The topological polar surface area (TPSA) is 88.1 Å². The zero-order valence-electron chi connectivity index (χ0n) is 13.2. The molecule has 7 nitrogen and oxygen atoms in total. The molecule has 0 bridgehead atoms. The number of carbonyl (C=O) groups is 2. The van der Waals surface area contributed by atoms with Gasteiger partial charge in [0, 0.05) is 13.1 Å². The van der Waals surface area contributed by atoms with Crippen molar-refractivity contribution >= 4 is 12.0 Å². The van der Waals surface area contributed by atoms with Gasteiger partial charge >= 0.3 is 12.0 Å². The molecule has 126 valence electrons. The molecule has 1 aromatic rings. The lowest BCUT2D eigenvalue weighted by Gasteiger charge is -2.33. The Bertz CT molecular complexity index is 549. The second-order valence-corrected chi connectivity index (χ2v) is 5.35. The molecular formula is C16H22N2O5. The van der Waals surface area contributed by atoms with Crippen LogP contribution in [0, 0.1) is 0 Å². The molecule has 0 aliphatic carbocycles. The van der Waals surface area contributed by atoms with E-state index in [0.717, 1.165) is 12.8 Å². The monoisotopic (exact) mass is 322 g/mol. The van der Waals surface area contributed by atoms with Gasteiger partial charge in [0.1, 0.15) is 6.10 Å². The Kier molecular flexibility index (Phi) is 6.08. The van der Waals surface area contributed by atoms with Gasteiger partial charge in [-0.2, -0.15) is 0 Å². The number of carboxylic acids is 1. The Morgan fingerprint density at radius 3 is 2.78 bits per heavy atom. The van der Waals surface area contributed by atoms with Crippen LogP contribution in [-0.2, 0) is 4.79 Å². The van der Waals surface area contributed by atoms with Crippen molar-refractivity contribution in [3.05, 3.63) is 24.3 Å². The maximum Gasteiger partial charge on any atom is 0.317 e. The molecule has 2 rings (SSSR count). The number of urea groups is 1. The first-order valence-corrected chi connectivity index (χ1v) is 7.64. The van der Waals surface area contributed by atoms with E-state index in [1.165, 1.54) is 0 Å². The lowest BCUT2D eigenvalue weighted by Crippen LogP contribution is -2.48. The first-order valence-electron chi connectivity index (χ1n) is 7.64. The fourth-order valence-corrected chi connectivity index (χ4v) is 2.50. The Morgan fingerprint density at radius 2 is 2.09 bits per heavy atom. The number of benzene rings is 1. The molecule has 1 aliphatic rings. The minimum atomic E-state index is -0.929. The number of nitrogens with zero attached hydrogens (tertiary/aromatic N) is 1. The van der Waals surface area contributed by atoms with Crippen LogP contribution in [0.5, 0.6) is 11.5 Å². The number of para-hydroxylation sites is 2. The highest BCUT2D eigenvalue weighted by atomic mass is 16.5. The first kappa shape index (κ1) is 16.9. The predicted octanol–water partition coefficient (Wildman–Crippen LogP) is 1.72. The molecule has 0 spiro atoms. The average molecular weight is 322 g/mol. The molecular weight excluding hydrogens is 300 g/mol. The van der Waals surface area contributed by atoms with Gasteiger partial charge in [-0.1, -0.05) is 12.1 Å². The maximum atomic E-state index is 12.0. The predicted molar refractivity (Wildman–Crippen MR) is 83.9 cm³/mol. The van der Waals surface area contributed by atoms with Crippen LogP contribution in [0.4, 0.5) is 4.79 Å².